The molecular weight excluding hydrogens is 327 g/mol. The van der Waals surface area contributed by atoms with Crippen molar-refractivity contribution in [3.63, 3.8) is 0 Å². The summed E-state index contributed by atoms with van der Waals surface area (Å²) >= 11 is 0. The first kappa shape index (κ1) is 22.2. The Labute approximate surface area is 146 Å². The van der Waals surface area contributed by atoms with Crippen molar-refractivity contribution in [1.82, 2.24) is 15.0 Å². The highest BCUT2D eigenvalue weighted by Gasteiger charge is 1.91. The molecule has 0 aliphatic rings. The van der Waals surface area contributed by atoms with E-state index in [9.17, 15) is 13.2 Å². The summed E-state index contributed by atoms with van der Waals surface area (Å²) in [5, 5.41) is 0. The van der Waals surface area contributed by atoms with Gasteiger partial charge in [0, 0.05) is 42.1 Å². The summed E-state index contributed by atoms with van der Waals surface area (Å²) in [6, 6.07) is 4.32. The van der Waals surface area contributed by atoms with Gasteiger partial charge in [-0.05, 0) is 44.5 Å². The van der Waals surface area contributed by atoms with E-state index >= 15 is 0 Å². The second kappa shape index (κ2) is 11.7. The van der Waals surface area contributed by atoms with E-state index in [1.165, 1.54) is 43.1 Å². The maximum absolute atomic E-state index is 12.3. The fourth-order valence-corrected chi connectivity index (χ4v) is 1.36. The molecule has 0 saturated carbocycles. The van der Waals surface area contributed by atoms with Crippen molar-refractivity contribution in [2.24, 2.45) is 0 Å². The molecule has 0 radical (unpaired) electrons. The van der Waals surface area contributed by atoms with E-state index in [0.717, 1.165) is 0 Å². The zero-order valence-electron chi connectivity index (χ0n) is 13.7. The van der Waals surface area contributed by atoms with Crippen molar-refractivity contribution in [2.45, 2.75) is 28.2 Å². The van der Waals surface area contributed by atoms with E-state index in [1.807, 2.05) is 0 Å². The van der Waals surface area contributed by atoms with Crippen molar-refractivity contribution in [2.75, 3.05) is 0 Å². The molecule has 0 bridgehead atoms. The first-order valence-electron chi connectivity index (χ1n) is 7.10. The van der Waals surface area contributed by atoms with Gasteiger partial charge in [0.2, 0.25) is 0 Å². The van der Waals surface area contributed by atoms with Gasteiger partial charge in [0.1, 0.15) is 17.5 Å². The molecule has 0 spiro atoms. The largest absolute Gasteiger partial charge is 0.264 e. The Morgan fingerprint density at radius 3 is 1.20 bits per heavy atom. The molecule has 6 heteroatoms. The van der Waals surface area contributed by atoms with Crippen molar-refractivity contribution < 1.29 is 13.2 Å². The second-order valence-electron chi connectivity index (χ2n) is 4.87. The predicted octanol–water partition coefficient (Wildman–Crippen LogP) is 5.22. The Hall–Kier alpha value is -2.76. The first-order chi connectivity index (χ1) is 11.4. The fourth-order valence-electron chi connectivity index (χ4n) is 1.36. The Morgan fingerprint density at radius 1 is 0.560 bits per heavy atom. The zero-order valence-corrected chi connectivity index (χ0v) is 13.7. The minimum atomic E-state index is -0.243. The number of aryl methyl sites for hydroxylation is 3. The van der Waals surface area contributed by atoms with Crippen LogP contribution in [-0.4, -0.2) is 15.0 Å². The number of hydrogen-bond acceptors (Lipinski definition) is 3. The van der Waals surface area contributed by atoms with Crippen LogP contribution >= 0.6 is 0 Å². The van der Waals surface area contributed by atoms with E-state index in [0.29, 0.717) is 16.7 Å². The smallest absolute Gasteiger partial charge is 0.144 e. The average Bonchev–Trinajstić information content (AvgIpc) is 2.57. The quantitative estimate of drug-likeness (QED) is 0.558. The number of halogens is 3. The molecule has 3 rings (SSSR count). The van der Waals surface area contributed by atoms with E-state index in [1.54, 1.807) is 33.0 Å². The summed E-state index contributed by atoms with van der Waals surface area (Å²) in [5.41, 5.74) is 1.82. The number of rotatable bonds is 0. The summed E-state index contributed by atoms with van der Waals surface area (Å²) in [7, 11) is 0. The lowest BCUT2D eigenvalue weighted by Crippen LogP contribution is -1.80. The summed E-state index contributed by atoms with van der Waals surface area (Å²) < 4.78 is 36.8. The van der Waals surface area contributed by atoms with Crippen LogP contribution in [0, 0.1) is 38.2 Å². The van der Waals surface area contributed by atoms with Crippen LogP contribution in [0.25, 0.3) is 0 Å². The summed E-state index contributed by atoms with van der Waals surface area (Å²) in [6.45, 7) is 5.07. The van der Waals surface area contributed by atoms with E-state index in [4.69, 9.17) is 0 Å². The van der Waals surface area contributed by atoms with Crippen LogP contribution in [0.1, 0.15) is 24.1 Å². The van der Waals surface area contributed by atoms with Gasteiger partial charge in [-0.2, -0.15) is 0 Å². The number of nitrogens with zero attached hydrogens (tertiary/aromatic N) is 3. The third kappa shape index (κ3) is 8.60. The molecule has 0 amide bonds. The monoisotopic (exact) mass is 349 g/mol. The predicted molar refractivity (Wildman–Crippen MR) is 93.5 cm³/mol. The van der Waals surface area contributed by atoms with Crippen molar-refractivity contribution >= 4 is 0 Å². The number of hydrogen-bond donors (Lipinski definition) is 0. The van der Waals surface area contributed by atoms with Gasteiger partial charge in [-0.3, -0.25) is 15.0 Å². The minimum absolute atomic E-state index is 0. The third-order valence-electron chi connectivity index (χ3n) is 2.88. The lowest BCUT2D eigenvalue weighted by atomic mass is 10.3. The van der Waals surface area contributed by atoms with Crippen LogP contribution in [0.3, 0.4) is 0 Å². The molecule has 0 unspecified atom stereocenters. The molecule has 0 fully saturated rings. The van der Waals surface area contributed by atoms with Crippen molar-refractivity contribution in [3.05, 3.63) is 89.5 Å². The second-order valence-corrected chi connectivity index (χ2v) is 4.87. The van der Waals surface area contributed by atoms with E-state index in [-0.39, 0.29) is 24.9 Å². The lowest BCUT2D eigenvalue weighted by Gasteiger charge is -1.88. The molecule has 3 aromatic heterocycles. The van der Waals surface area contributed by atoms with Gasteiger partial charge in [-0.25, -0.2) is 13.2 Å². The van der Waals surface area contributed by atoms with E-state index < -0.39 is 0 Å². The van der Waals surface area contributed by atoms with Crippen molar-refractivity contribution in [1.29, 1.82) is 0 Å². The SMILES string of the molecule is C.Cc1ccncc1F.Cc1cnccc1F.Cc1cnccc1F. The van der Waals surface area contributed by atoms with Gasteiger partial charge in [-0.15, -0.1) is 0 Å². The maximum Gasteiger partial charge on any atom is 0.144 e. The van der Waals surface area contributed by atoms with Gasteiger partial charge >= 0.3 is 0 Å². The highest BCUT2D eigenvalue weighted by Crippen LogP contribution is 2.00. The van der Waals surface area contributed by atoms with Crippen molar-refractivity contribution in [3.8, 4) is 0 Å². The maximum atomic E-state index is 12.3. The number of pyridine rings is 3. The Bertz CT molecular complexity index is 598. The molecule has 25 heavy (non-hydrogen) atoms. The summed E-state index contributed by atoms with van der Waals surface area (Å²) in [5.74, 6) is -0.632. The fraction of sp³-hybridized carbons (Fsp3) is 0.211. The van der Waals surface area contributed by atoms with E-state index in [2.05, 4.69) is 15.0 Å². The standard InChI is InChI=1S/3C6H6FN.CH4/c2*1-5-4-8-3-2-6(5)7;1-5-2-3-8-4-6(5)7;/h3*2-4H,1H3;1H4. The normalized spacial score (nSPS) is 8.88. The zero-order chi connectivity index (χ0) is 17.9. The highest BCUT2D eigenvalue weighted by atomic mass is 19.1. The first-order valence-corrected chi connectivity index (χ1v) is 7.10. The Kier molecular flexibility index (Phi) is 10.4. The molecule has 3 aromatic rings. The molecule has 0 atom stereocenters. The Balaban J connectivity index is 0.000000339. The van der Waals surface area contributed by atoms with Gasteiger partial charge < -0.3 is 0 Å². The topological polar surface area (TPSA) is 38.7 Å². The average molecular weight is 349 g/mol. The third-order valence-corrected chi connectivity index (χ3v) is 2.88. The molecule has 0 aliphatic heterocycles. The van der Waals surface area contributed by atoms with Crippen LogP contribution < -0.4 is 0 Å². The van der Waals surface area contributed by atoms with Gasteiger partial charge in [-0.1, -0.05) is 7.43 Å². The molecule has 0 saturated heterocycles. The van der Waals surface area contributed by atoms with Crippen LogP contribution in [0.5, 0.6) is 0 Å². The molecule has 3 heterocycles. The summed E-state index contributed by atoms with van der Waals surface area (Å²) in [6.07, 6.45) is 8.63. The molecule has 3 nitrogen and oxygen atoms in total. The van der Waals surface area contributed by atoms with Crippen LogP contribution in [-0.2, 0) is 0 Å². The van der Waals surface area contributed by atoms with Gasteiger partial charge in [0.25, 0.3) is 0 Å². The number of aromatic nitrogens is 3. The Morgan fingerprint density at radius 2 is 0.960 bits per heavy atom. The summed E-state index contributed by atoms with van der Waals surface area (Å²) in [4.78, 5) is 11.0. The van der Waals surface area contributed by atoms with Crippen LogP contribution in [0.4, 0.5) is 13.2 Å². The van der Waals surface area contributed by atoms with Gasteiger partial charge in [0.15, 0.2) is 0 Å². The molecular formula is C19H22F3N3. The molecule has 134 valence electrons. The van der Waals surface area contributed by atoms with Gasteiger partial charge in [0.05, 0.1) is 6.20 Å². The van der Waals surface area contributed by atoms with Crippen LogP contribution in [0.15, 0.2) is 55.4 Å². The minimum Gasteiger partial charge on any atom is -0.264 e. The lowest BCUT2D eigenvalue weighted by molar-refractivity contribution is 0.612. The van der Waals surface area contributed by atoms with Crippen LogP contribution in [0.2, 0.25) is 0 Å². The molecule has 0 aromatic carbocycles. The molecule has 0 aliphatic carbocycles. The highest BCUT2D eigenvalue weighted by molar-refractivity contribution is 5.09. The molecule has 0 N–H and O–H groups in total.